The topological polar surface area (TPSA) is 84.9 Å². The summed E-state index contributed by atoms with van der Waals surface area (Å²) in [4.78, 5) is 13.3. The number of nitrogens with one attached hydrogen (secondary N) is 1. The van der Waals surface area contributed by atoms with Gasteiger partial charge in [-0.3, -0.25) is 9.10 Å². The van der Waals surface area contributed by atoms with Crippen molar-refractivity contribution in [3.63, 3.8) is 0 Å². The van der Waals surface area contributed by atoms with Crippen LogP contribution in [0, 0.1) is 0 Å². The van der Waals surface area contributed by atoms with Crippen LogP contribution in [-0.4, -0.2) is 34.1 Å². The summed E-state index contributed by atoms with van der Waals surface area (Å²) in [7, 11) is -2.36. The average molecular weight is 495 g/mol. The first kappa shape index (κ1) is 24.6. The number of carbonyl (C=O) groups is 1. The molecule has 7 nitrogen and oxygen atoms in total. The Kier molecular flexibility index (Phi) is 6.76. The van der Waals surface area contributed by atoms with Crippen LogP contribution in [0.5, 0.6) is 11.5 Å². The molecule has 1 aliphatic heterocycles. The van der Waals surface area contributed by atoms with Crippen molar-refractivity contribution < 1.29 is 22.7 Å². The molecule has 0 saturated heterocycles. The number of sulfonamides is 1. The normalized spacial score (nSPS) is 15.7. The maximum absolute atomic E-state index is 13.7. The molecule has 1 N–H and O–H groups in total. The second-order valence-corrected chi connectivity index (χ2v) is 11.3. The average Bonchev–Trinajstić information content (AvgIpc) is 2.86. The first-order valence-corrected chi connectivity index (χ1v) is 12.8. The van der Waals surface area contributed by atoms with Gasteiger partial charge >= 0.3 is 0 Å². The van der Waals surface area contributed by atoms with Gasteiger partial charge in [0.15, 0.2) is 6.10 Å². The summed E-state index contributed by atoms with van der Waals surface area (Å²) in [6.07, 6.45) is -1.02. The molecule has 8 heteroatoms. The van der Waals surface area contributed by atoms with E-state index in [4.69, 9.17) is 9.47 Å². The second-order valence-electron chi connectivity index (χ2n) is 9.42. The van der Waals surface area contributed by atoms with E-state index in [2.05, 4.69) is 26.1 Å². The van der Waals surface area contributed by atoms with Crippen LogP contribution in [-0.2, 0) is 26.8 Å². The molecule has 35 heavy (non-hydrogen) atoms. The summed E-state index contributed by atoms with van der Waals surface area (Å²) in [6, 6.07) is 21.1. The van der Waals surface area contributed by atoms with Gasteiger partial charge in [-0.1, -0.05) is 63.2 Å². The number of hydrogen-bond donors (Lipinski definition) is 1. The predicted molar refractivity (Wildman–Crippen MR) is 135 cm³/mol. The second kappa shape index (κ2) is 9.62. The van der Waals surface area contributed by atoms with E-state index in [1.807, 2.05) is 36.4 Å². The van der Waals surface area contributed by atoms with Gasteiger partial charge in [0.1, 0.15) is 11.5 Å². The lowest BCUT2D eigenvalue weighted by molar-refractivity contribution is -0.127. The number of anilines is 1. The van der Waals surface area contributed by atoms with Crippen molar-refractivity contribution in [2.24, 2.45) is 0 Å². The van der Waals surface area contributed by atoms with Crippen LogP contribution in [0.1, 0.15) is 31.9 Å². The van der Waals surface area contributed by atoms with Crippen molar-refractivity contribution in [2.75, 3.05) is 18.0 Å². The molecule has 0 spiro atoms. The minimum absolute atomic E-state index is 0.143. The van der Waals surface area contributed by atoms with Crippen molar-refractivity contribution in [1.29, 1.82) is 0 Å². The van der Waals surface area contributed by atoms with Gasteiger partial charge in [-0.2, -0.15) is 0 Å². The largest absolute Gasteiger partial charge is 0.496 e. The van der Waals surface area contributed by atoms with Crippen LogP contribution in [0.25, 0.3) is 0 Å². The Morgan fingerprint density at radius 1 is 1.06 bits per heavy atom. The summed E-state index contributed by atoms with van der Waals surface area (Å²) in [6.45, 7) is 6.26. The minimum atomic E-state index is -3.93. The van der Waals surface area contributed by atoms with Crippen molar-refractivity contribution >= 4 is 21.6 Å². The van der Waals surface area contributed by atoms with Gasteiger partial charge < -0.3 is 14.8 Å². The summed E-state index contributed by atoms with van der Waals surface area (Å²) in [5, 5.41) is 2.86. The van der Waals surface area contributed by atoms with Gasteiger partial charge in [0.05, 0.1) is 24.2 Å². The molecule has 0 bridgehead atoms. The number of nitrogens with zero attached hydrogens (tertiary/aromatic N) is 1. The third kappa shape index (κ3) is 5.12. The molecule has 184 valence electrons. The van der Waals surface area contributed by atoms with Crippen LogP contribution >= 0.6 is 0 Å². The monoisotopic (exact) mass is 494 g/mol. The zero-order chi connectivity index (χ0) is 25.2. The lowest BCUT2D eigenvalue weighted by atomic mass is 9.86. The number of fused-ring (bicyclic) bond motifs is 1. The number of methoxy groups -OCH3 is 1. The van der Waals surface area contributed by atoms with E-state index >= 15 is 0 Å². The van der Waals surface area contributed by atoms with Gasteiger partial charge in [-0.25, -0.2) is 8.42 Å². The third-order valence-corrected chi connectivity index (χ3v) is 7.76. The van der Waals surface area contributed by atoms with Gasteiger partial charge in [0.25, 0.3) is 15.9 Å². The first-order valence-electron chi connectivity index (χ1n) is 11.4. The van der Waals surface area contributed by atoms with Crippen LogP contribution in [0.3, 0.4) is 0 Å². The smallest absolute Gasteiger partial charge is 0.264 e. The molecule has 0 aromatic heterocycles. The number of amides is 1. The summed E-state index contributed by atoms with van der Waals surface area (Å²) in [5.41, 5.74) is 2.01. The van der Waals surface area contributed by atoms with Gasteiger partial charge in [0.2, 0.25) is 0 Å². The molecule has 0 radical (unpaired) electrons. The van der Waals surface area contributed by atoms with Crippen molar-refractivity contribution in [2.45, 2.75) is 43.7 Å². The van der Waals surface area contributed by atoms with E-state index in [1.54, 1.807) is 43.5 Å². The highest BCUT2D eigenvalue weighted by Gasteiger charge is 2.38. The standard InChI is InChI=1S/C27H30N2O5S/c1-27(2,3)20-14-15-24-22(16-20)29(35(31,32)21-11-6-5-7-12-21)18-25(34-24)26(30)28-17-19-10-8-9-13-23(19)33-4/h5-16,25H,17-18H2,1-4H3,(H,28,30)/t25-/m0/s1. The molecule has 0 unspecified atom stereocenters. The molecular weight excluding hydrogens is 464 g/mol. The Bertz CT molecular complexity index is 1320. The molecule has 0 fully saturated rings. The van der Waals surface area contributed by atoms with Crippen molar-refractivity contribution in [3.05, 3.63) is 83.9 Å². The SMILES string of the molecule is COc1ccccc1CNC(=O)[C@@H]1CN(S(=O)(=O)c2ccccc2)c2cc(C(C)(C)C)ccc2O1. The zero-order valence-corrected chi connectivity index (χ0v) is 21.1. The van der Waals surface area contributed by atoms with Crippen LogP contribution in [0.15, 0.2) is 77.7 Å². The number of benzene rings is 3. The maximum atomic E-state index is 13.7. The lowest BCUT2D eigenvalue weighted by Gasteiger charge is -2.36. The molecular formula is C27H30N2O5S. The van der Waals surface area contributed by atoms with Gasteiger partial charge in [0, 0.05) is 12.1 Å². The summed E-state index contributed by atoms with van der Waals surface area (Å²) < 4.78 is 40.0. The summed E-state index contributed by atoms with van der Waals surface area (Å²) in [5.74, 6) is 0.599. The lowest BCUT2D eigenvalue weighted by Crippen LogP contribution is -2.50. The van der Waals surface area contributed by atoms with E-state index in [0.717, 1.165) is 11.1 Å². The maximum Gasteiger partial charge on any atom is 0.264 e. The van der Waals surface area contributed by atoms with E-state index in [9.17, 15) is 13.2 Å². The third-order valence-electron chi connectivity index (χ3n) is 5.96. The fourth-order valence-electron chi connectivity index (χ4n) is 3.95. The Labute approximate surface area is 206 Å². The number of para-hydroxylation sites is 1. The Morgan fingerprint density at radius 3 is 2.43 bits per heavy atom. The number of carbonyl (C=O) groups excluding carboxylic acids is 1. The molecule has 3 aromatic rings. The Balaban J connectivity index is 1.67. The van der Waals surface area contributed by atoms with E-state index in [1.165, 1.54) is 4.31 Å². The quantitative estimate of drug-likeness (QED) is 0.553. The molecule has 1 atom stereocenters. The van der Waals surface area contributed by atoms with E-state index in [0.29, 0.717) is 17.2 Å². The Hall–Kier alpha value is -3.52. The number of rotatable bonds is 6. The van der Waals surface area contributed by atoms with Crippen molar-refractivity contribution in [1.82, 2.24) is 5.32 Å². The highest BCUT2D eigenvalue weighted by molar-refractivity contribution is 7.92. The molecule has 1 aliphatic rings. The summed E-state index contributed by atoms with van der Waals surface area (Å²) >= 11 is 0. The van der Waals surface area contributed by atoms with Crippen molar-refractivity contribution in [3.8, 4) is 11.5 Å². The Morgan fingerprint density at radius 2 is 1.74 bits per heavy atom. The molecule has 3 aromatic carbocycles. The first-order chi connectivity index (χ1) is 16.6. The van der Waals surface area contributed by atoms with Crippen LogP contribution in [0.2, 0.25) is 0 Å². The number of ether oxygens (including phenoxy) is 2. The molecule has 1 heterocycles. The molecule has 0 saturated carbocycles. The fourth-order valence-corrected chi connectivity index (χ4v) is 5.44. The highest BCUT2D eigenvalue weighted by atomic mass is 32.2. The fraction of sp³-hybridized carbons (Fsp3) is 0.296. The van der Waals surface area contributed by atoms with Crippen LogP contribution < -0.4 is 19.1 Å². The molecule has 4 rings (SSSR count). The number of hydrogen-bond acceptors (Lipinski definition) is 5. The van der Waals surface area contributed by atoms with E-state index in [-0.39, 0.29) is 23.4 Å². The molecule has 1 amide bonds. The highest BCUT2D eigenvalue weighted by Crippen LogP contribution is 2.40. The predicted octanol–water partition coefficient (Wildman–Crippen LogP) is 4.27. The van der Waals surface area contributed by atoms with E-state index < -0.39 is 22.0 Å². The zero-order valence-electron chi connectivity index (χ0n) is 20.3. The minimum Gasteiger partial charge on any atom is -0.496 e. The van der Waals surface area contributed by atoms with Gasteiger partial charge in [-0.15, -0.1) is 0 Å². The van der Waals surface area contributed by atoms with Gasteiger partial charge in [-0.05, 0) is 41.3 Å². The molecule has 0 aliphatic carbocycles. The van der Waals surface area contributed by atoms with Crippen LogP contribution in [0.4, 0.5) is 5.69 Å².